The number of benzene rings is 1. The predicted molar refractivity (Wildman–Crippen MR) is 94.1 cm³/mol. The number of hydrogen-bond donors (Lipinski definition) is 5. The van der Waals surface area contributed by atoms with Gasteiger partial charge >= 0.3 is 0 Å². The van der Waals surface area contributed by atoms with Gasteiger partial charge in [-0.15, -0.1) is 11.8 Å². The van der Waals surface area contributed by atoms with Crippen molar-refractivity contribution in [3.63, 3.8) is 0 Å². The fourth-order valence-corrected chi connectivity index (χ4v) is 3.79. The second-order valence-corrected chi connectivity index (χ2v) is 7.24. The summed E-state index contributed by atoms with van der Waals surface area (Å²) in [6.45, 7) is 3.73. The monoisotopic (exact) mass is 335 g/mol. The van der Waals surface area contributed by atoms with Crippen molar-refractivity contribution < 1.29 is 4.79 Å². The summed E-state index contributed by atoms with van der Waals surface area (Å²) >= 11 is 1.78. The first kappa shape index (κ1) is 16.7. The number of hydrazine groups is 2. The second kappa shape index (κ2) is 8.65. The molecule has 0 saturated carbocycles. The first-order valence-electron chi connectivity index (χ1n) is 8.27. The van der Waals surface area contributed by atoms with E-state index in [4.69, 9.17) is 0 Å². The van der Waals surface area contributed by atoms with E-state index >= 15 is 0 Å². The van der Waals surface area contributed by atoms with Crippen molar-refractivity contribution in [1.82, 2.24) is 27.0 Å². The van der Waals surface area contributed by atoms with Gasteiger partial charge in [0.05, 0.1) is 5.37 Å². The first-order valence-corrected chi connectivity index (χ1v) is 9.31. The van der Waals surface area contributed by atoms with Gasteiger partial charge in [-0.1, -0.05) is 12.1 Å². The third-order valence-electron chi connectivity index (χ3n) is 4.26. The van der Waals surface area contributed by atoms with Crippen LogP contribution in [0.4, 0.5) is 0 Å². The van der Waals surface area contributed by atoms with Gasteiger partial charge in [0.2, 0.25) is 0 Å². The van der Waals surface area contributed by atoms with Crippen LogP contribution in [0, 0.1) is 0 Å². The minimum absolute atomic E-state index is 0.00884. The van der Waals surface area contributed by atoms with Gasteiger partial charge in [-0.3, -0.25) is 4.79 Å². The SMILES string of the molecule is O=C(NCCSC1CNNN1)c1ccc(C2CCCNC2)cc1. The smallest absolute Gasteiger partial charge is 0.251 e. The molecule has 0 spiro atoms. The van der Waals surface area contributed by atoms with Gasteiger partial charge in [0, 0.05) is 31.0 Å². The lowest BCUT2D eigenvalue weighted by molar-refractivity contribution is 0.0956. The maximum Gasteiger partial charge on any atom is 0.251 e. The van der Waals surface area contributed by atoms with Crippen LogP contribution >= 0.6 is 11.8 Å². The number of nitrogens with one attached hydrogen (secondary N) is 5. The van der Waals surface area contributed by atoms with Crippen LogP contribution < -0.4 is 27.0 Å². The molecule has 0 aromatic heterocycles. The molecule has 6 nitrogen and oxygen atoms in total. The maximum atomic E-state index is 12.2. The van der Waals surface area contributed by atoms with E-state index in [9.17, 15) is 4.79 Å². The molecular weight excluding hydrogens is 310 g/mol. The average molecular weight is 335 g/mol. The minimum Gasteiger partial charge on any atom is -0.351 e. The zero-order valence-electron chi connectivity index (χ0n) is 13.2. The summed E-state index contributed by atoms with van der Waals surface area (Å²) in [5.41, 5.74) is 11.0. The molecule has 2 aliphatic heterocycles. The van der Waals surface area contributed by atoms with Crippen LogP contribution in [0.5, 0.6) is 0 Å². The van der Waals surface area contributed by atoms with Crippen molar-refractivity contribution in [2.24, 2.45) is 0 Å². The molecule has 2 saturated heterocycles. The molecule has 23 heavy (non-hydrogen) atoms. The van der Waals surface area contributed by atoms with Gasteiger partial charge in [0.25, 0.3) is 5.91 Å². The van der Waals surface area contributed by atoms with E-state index < -0.39 is 0 Å². The molecule has 7 heteroatoms. The van der Waals surface area contributed by atoms with E-state index in [-0.39, 0.29) is 5.91 Å². The van der Waals surface area contributed by atoms with E-state index in [2.05, 4.69) is 39.2 Å². The Balaban J connectivity index is 1.41. The summed E-state index contributed by atoms with van der Waals surface area (Å²) in [7, 11) is 0. The molecule has 1 aromatic carbocycles. The number of thioether (sulfide) groups is 1. The number of carbonyl (C=O) groups excluding carboxylic acids is 1. The molecule has 2 aliphatic rings. The van der Waals surface area contributed by atoms with Crippen LogP contribution in [0.1, 0.15) is 34.7 Å². The van der Waals surface area contributed by atoms with Crippen molar-refractivity contribution in [2.75, 3.05) is 31.9 Å². The second-order valence-electron chi connectivity index (χ2n) is 5.93. The van der Waals surface area contributed by atoms with Crippen LogP contribution in [0.3, 0.4) is 0 Å². The Kier molecular flexibility index (Phi) is 6.29. The Labute approximate surface area is 141 Å². The van der Waals surface area contributed by atoms with Gasteiger partial charge in [-0.05, 0) is 43.0 Å². The highest BCUT2D eigenvalue weighted by Crippen LogP contribution is 2.23. The van der Waals surface area contributed by atoms with Crippen molar-refractivity contribution in [2.45, 2.75) is 24.1 Å². The fourth-order valence-electron chi connectivity index (χ4n) is 2.94. The molecule has 0 bridgehead atoms. The zero-order chi connectivity index (χ0) is 15.9. The lowest BCUT2D eigenvalue weighted by atomic mass is 9.91. The Morgan fingerprint density at radius 1 is 1.26 bits per heavy atom. The largest absolute Gasteiger partial charge is 0.351 e. The molecule has 126 valence electrons. The van der Waals surface area contributed by atoms with Crippen LogP contribution in [-0.4, -0.2) is 43.2 Å². The van der Waals surface area contributed by atoms with Crippen LogP contribution in [0.2, 0.25) is 0 Å². The summed E-state index contributed by atoms with van der Waals surface area (Å²) in [5, 5.41) is 6.77. The Morgan fingerprint density at radius 2 is 2.13 bits per heavy atom. The fraction of sp³-hybridized carbons (Fsp3) is 0.562. The topological polar surface area (TPSA) is 77.2 Å². The van der Waals surface area contributed by atoms with E-state index in [1.165, 1.54) is 18.4 Å². The van der Waals surface area contributed by atoms with Crippen molar-refractivity contribution in [3.05, 3.63) is 35.4 Å². The zero-order valence-corrected chi connectivity index (χ0v) is 14.0. The summed E-state index contributed by atoms with van der Waals surface area (Å²) in [6, 6.07) is 8.08. The Morgan fingerprint density at radius 3 is 2.83 bits per heavy atom. The molecule has 2 unspecified atom stereocenters. The molecule has 5 N–H and O–H groups in total. The quantitative estimate of drug-likeness (QED) is 0.489. The summed E-state index contributed by atoms with van der Waals surface area (Å²) < 4.78 is 0. The van der Waals surface area contributed by atoms with Crippen LogP contribution in [0.25, 0.3) is 0 Å². The minimum atomic E-state index is 0.00884. The van der Waals surface area contributed by atoms with Gasteiger partial charge in [-0.2, -0.15) is 5.53 Å². The van der Waals surface area contributed by atoms with Crippen molar-refractivity contribution in [3.8, 4) is 0 Å². The molecule has 2 atom stereocenters. The lowest BCUT2D eigenvalue weighted by Crippen LogP contribution is -2.33. The first-order chi connectivity index (χ1) is 11.3. The van der Waals surface area contributed by atoms with Crippen LogP contribution in [0.15, 0.2) is 24.3 Å². The van der Waals surface area contributed by atoms with E-state index in [1.807, 2.05) is 12.1 Å². The number of amides is 1. The Bertz CT molecular complexity index is 498. The van der Waals surface area contributed by atoms with E-state index in [0.29, 0.717) is 17.8 Å². The molecule has 0 aliphatic carbocycles. The molecule has 1 amide bonds. The highest BCUT2D eigenvalue weighted by atomic mass is 32.2. The lowest BCUT2D eigenvalue weighted by Gasteiger charge is -2.23. The summed E-state index contributed by atoms with van der Waals surface area (Å²) in [6.07, 6.45) is 2.46. The van der Waals surface area contributed by atoms with E-state index in [0.717, 1.165) is 31.0 Å². The van der Waals surface area contributed by atoms with Gasteiger partial charge in [0.15, 0.2) is 0 Å². The number of carbonyl (C=O) groups is 1. The highest BCUT2D eigenvalue weighted by Gasteiger charge is 2.16. The summed E-state index contributed by atoms with van der Waals surface area (Å²) in [5.74, 6) is 1.48. The number of rotatable bonds is 6. The highest BCUT2D eigenvalue weighted by molar-refractivity contribution is 7.99. The van der Waals surface area contributed by atoms with E-state index in [1.54, 1.807) is 11.8 Å². The molecule has 0 radical (unpaired) electrons. The molecule has 2 fully saturated rings. The molecule has 3 rings (SSSR count). The number of hydrogen-bond acceptors (Lipinski definition) is 6. The van der Waals surface area contributed by atoms with Gasteiger partial charge in [0.1, 0.15) is 0 Å². The third-order valence-corrected chi connectivity index (χ3v) is 5.38. The van der Waals surface area contributed by atoms with Crippen molar-refractivity contribution >= 4 is 17.7 Å². The Hall–Kier alpha value is -1.12. The standard InChI is InChI=1S/C16H25N5OS/c22-16(18-8-9-23-15-11-19-21-20-15)13-5-3-12(4-6-13)14-2-1-7-17-10-14/h3-6,14-15,17,19-21H,1-2,7-11H2,(H,18,22). The number of piperidine rings is 1. The van der Waals surface area contributed by atoms with Gasteiger partial charge in [-0.25, -0.2) is 10.9 Å². The summed E-state index contributed by atoms with van der Waals surface area (Å²) in [4.78, 5) is 12.2. The van der Waals surface area contributed by atoms with Gasteiger partial charge < -0.3 is 10.6 Å². The third kappa shape index (κ3) is 4.92. The predicted octanol–water partition coefficient (Wildman–Crippen LogP) is 0.555. The maximum absolute atomic E-state index is 12.2. The molecular formula is C16H25N5OS. The van der Waals surface area contributed by atoms with Crippen molar-refractivity contribution in [1.29, 1.82) is 0 Å². The van der Waals surface area contributed by atoms with Crippen LogP contribution in [-0.2, 0) is 0 Å². The normalized spacial score (nSPS) is 24.5. The molecule has 2 heterocycles. The molecule has 1 aromatic rings. The average Bonchev–Trinajstić information content (AvgIpc) is 3.13.